The highest BCUT2D eigenvalue weighted by Gasteiger charge is 2.17. The molecule has 0 radical (unpaired) electrons. The van der Waals surface area contributed by atoms with Crippen LogP contribution in [0.1, 0.15) is 27.9 Å². The van der Waals surface area contributed by atoms with Crippen molar-refractivity contribution < 1.29 is 23.7 Å². The van der Waals surface area contributed by atoms with Gasteiger partial charge in [-0.3, -0.25) is 4.79 Å². The van der Waals surface area contributed by atoms with Gasteiger partial charge >= 0.3 is 0 Å². The zero-order valence-electron chi connectivity index (χ0n) is 18.5. The van der Waals surface area contributed by atoms with E-state index in [9.17, 15) is 4.79 Å². The summed E-state index contributed by atoms with van der Waals surface area (Å²) in [6.45, 7) is 1.99. The summed E-state index contributed by atoms with van der Waals surface area (Å²) in [7, 11) is 3.08. The van der Waals surface area contributed by atoms with Crippen LogP contribution in [0.2, 0.25) is 0 Å². The maximum absolute atomic E-state index is 12.6. The topological polar surface area (TPSA) is 66.0 Å². The lowest BCUT2D eigenvalue weighted by Gasteiger charge is -2.16. The van der Waals surface area contributed by atoms with E-state index in [-0.39, 0.29) is 5.91 Å². The number of benzene rings is 3. The highest BCUT2D eigenvalue weighted by atomic mass is 16.5. The molecule has 0 saturated heterocycles. The number of nitrogens with one attached hydrogen (secondary N) is 1. The summed E-state index contributed by atoms with van der Waals surface area (Å²) in [5.74, 6) is 1.14. The number of amides is 1. The Morgan fingerprint density at radius 2 is 1.38 bits per heavy atom. The fourth-order valence-corrected chi connectivity index (χ4v) is 3.13. The first-order valence-electron chi connectivity index (χ1n) is 10.5. The van der Waals surface area contributed by atoms with Crippen molar-refractivity contribution in [3.8, 4) is 17.2 Å². The van der Waals surface area contributed by atoms with Crippen molar-refractivity contribution in [1.82, 2.24) is 5.32 Å². The molecule has 32 heavy (non-hydrogen) atoms. The molecule has 0 bridgehead atoms. The molecule has 0 aliphatic heterocycles. The second-order valence-electron chi connectivity index (χ2n) is 7.13. The van der Waals surface area contributed by atoms with E-state index < -0.39 is 0 Å². The van der Waals surface area contributed by atoms with Gasteiger partial charge in [-0.05, 0) is 29.7 Å². The molecule has 1 amide bonds. The second-order valence-corrected chi connectivity index (χ2v) is 7.13. The van der Waals surface area contributed by atoms with Crippen LogP contribution >= 0.6 is 0 Å². The van der Waals surface area contributed by atoms with E-state index in [1.165, 1.54) is 14.2 Å². The first-order valence-corrected chi connectivity index (χ1v) is 10.5. The molecular weight excluding hydrogens is 406 g/mol. The number of hydrogen-bond donors (Lipinski definition) is 1. The minimum Gasteiger partial charge on any atom is -0.493 e. The van der Waals surface area contributed by atoms with E-state index in [0.29, 0.717) is 55.6 Å². The molecule has 6 heteroatoms. The molecule has 3 aromatic carbocycles. The van der Waals surface area contributed by atoms with Gasteiger partial charge in [0.05, 0.1) is 20.8 Å². The average Bonchev–Trinajstić information content (AvgIpc) is 2.85. The van der Waals surface area contributed by atoms with Gasteiger partial charge in [-0.15, -0.1) is 0 Å². The predicted octanol–water partition coefficient (Wildman–Crippen LogP) is 4.62. The normalized spacial score (nSPS) is 10.4. The first kappa shape index (κ1) is 23.2. The van der Waals surface area contributed by atoms with Crippen LogP contribution in [0.5, 0.6) is 17.2 Å². The number of carbonyl (C=O) groups excluding carboxylic acids is 1. The van der Waals surface area contributed by atoms with Crippen molar-refractivity contribution in [2.45, 2.75) is 19.6 Å². The summed E-state index contributed by atoms with van der Waals surface area (Å²) in [5.41, 5.74) is 2.59. The molecule has 0 saturated carbocycles. The lowest BCUT2D eigenvalue weighted by Crippen LogP contribution is -2.25. The van der Waals surface area contributed by atoms with E-state index >= 15 is 0 Å². The minimum absolute atomic E-state index is 0.209. The fourth-order valence-electron chi connectivity index (χ4n) is 3.13. The van der Waals surface area contributed by atoms with Gasteiger partial charge in [0.2, 0.25) is 5.75 Å². The zero-order chi connectivity index (χ0) is 22.6. The number of rotatable bonds is 12. The maximum atomic E-state index is 12.6. The summed E-state index contributed by atoms with van der Waals surface area (Å²) >= 11 is 0. The molecule has 1 N–H and O–H groups in total. The van der Waals surface area contributed by atoms with Gasteiger partial charge in [0.1, 0.15) is 6.61 Å². The Kier molecular flexibility index (Phi) is 8.95. The summed E-state index contributed by atoms with van der Waals surface area (Å²) < 4.78 is 22.5. The number of carbonyl (C=O) groups is 1. The molecular formula is C26H29NO5. The van der Waals surface area contributed by atoms with Gasteiger partial charge in [0, 0.05) is 18.7 Å². The van der Waals surface area contributed by atoms with E-state index in [0.717, 1.165) is 11.1 Å². The summed E-state index contributed by atoms with van der Waals surface area (Å²) in [4.78, 5) is 12.6. The lowest BCUT2D eigenvalue weighted by atomic mass is 10.1. The summed E-state index contributed by atoms with van der Waals surface area (Å²) in [6.07, 6.45) is 0.713. The number of ether oxygens (including phenoxy) is 4. The first-order chi connectivity index (χ1) is 15.7. The number of methoxy groups -OCH3 is 2. The predicted molar refractivity (Wildman–Crippen MR) is 123 cm³/mol. The highest BCUT2D eigenvalue weighted by Crippen LogP contribution is 2.39. The lowest BCUT2D eigenvalue weighted by molar-refractivity contribution is 0.0933. The minimum atomic E-state index is -0.209. The molecule has 0 atom stereocenters. The molecule has 0 heterocycles. The van der Waals surface area contributed by atoms with E-state index in [1.54, 1.807) is 12.1 Å². The standard InChI is InChI=1S/C26H29NO5/c1-29-23-16-22(17-24(30-2)25(23)32-19-21-12-7-4-8-13-21)26(28)27-14-9-15-31-18-20-10-5-3-6-11-20/h3-8,10-13,16-17H,9,14-15,18-19H2,1-2H3,(H,27,28). The molecule has 0 aromatic heterocycles. The molecule has 0 spiro atoms. The van der Waals surface area contributed by atoms with Gasteiger partial charge in [-0.25, -0.2) is 0 Å². The van der Waals surface area contributed by atoms with Crippen LogP contribution in [0, 0.1) is 0 Å². The van der Waals surface area contributed by atoms with Crippen LogP contribution in [0.3, 0.4) is 0 Å². The van der Waals surface area contributed by atoms with Crippen molar-refractivity contribution in [3.63, 3.8) is 0 Å². The molecule has 3 aromatic rings. The van der Waals surface area contributed by atoms with Crippen LogP contribution < -0.4 is 19.5 Å². The van der Waals surface area contributed by atoms with Gasteiger partial charge in [0.25, 0.3) is 5.91 Å². The Morgan fingerprint density at radius 1 is 0.812 bits per heavy atom. The van der Waals surface area contributed by atoms with Crippen molar-refractivity contribution >= 4 is 5.91 Å². The second kappa shape index (κ2) is 12.4. The third-order valence-corrected chi connectivity index (χ3v) is 4.81. The third kappa shape index (κ3) is 6.75. The Morgan fingerprint density at radius 3 is 1.94 bits per heavy atom. The third-order valence-electron chi connectivity index (χ3n) is 4.81. The van der Waals surface area contributed by atoms with Crippen molar-refractivity contribution in [3.05, 3.63) is 89.5 Å². The van der Waals surface area contributed by atoms with Crippen LogP contribution in [0.4, 0.5) is 0 Å². The highest BCUT2D eigenvalue weighted by molar-refractivity contribution is 5.95. The Labute approximate surface area is 189 Å². The van der Waals surface area contributed by atoms with Crippen LogP contribution in [-0.2, 0) is 18.0 Å². The molecule has 168 valence electrons. The largest absolute Gasteiger partial charge is 0.493 e. The maximum Gasteiger partial charge on any atom is 0.251 e. The molecule has 0 unspecified atom stereocenters. The van der Waals surface area contributed by atoms with Gasteiger partial charge in [-0.1, -0.05) is 60.7 Å². The Hall–Kier alpha value is -3.51. The Balaban J connectivity index is 1.52. The van der Waals surface area contributed by atoms with E-state index in [2.05, 4.69) is 5.32 Å². The SMILES string of the molecule is COc1cc(C(=O)NCCCOCc2ccccc2)cc(OC)c1OCc1ccccc1. The van der Waals surface area contributed by atoms with Gasteiger partial charge in [0.15, 0.2) is 11.5 Å². The van der Waals surface area contributed by atoms with Crippen LogP contribution in [0.25, 0.3) is 0 Å². The van der Waals surface area contributed by atoms with E-state index in [4.69, 9.17) is 18.9 Å². The Bertz CT molecular complexity index is 951. The van der Waals surface area contributed by atoms with Gasteiger partial charge < -0.3 is 24.3 Å². The summed E-state index contributed by atoms with van der Waals surface area (Å²) in [6, 6.07) is 23.1. The van der Waals surface area contributed by atoms with Crippen molar-refractivity contribution in [1.29, 1.82) is 0 Å². The summed E-state index contributed by atoms with van der Waals surface area (Å²) in [5, 5.41) is 2.91. The molecule has 3 rings (SSSR count). The van der Waals surface area contributed by atoms with Crippen molar-refractivity contribution in [2.75, 3.05) is 27.4 Å². The molecule has 0 aliphatic carbocycles. The zero-order valence-corrected chi connectivity index (χ0v) is 18.5. The quantitative estimate of drug-likeness (QED) is 0.421. The van der Waals surface area contributed by atoms with Crippen LogP contribution in [0.15, 0.2) is 72.8 Å². The smallest absolute Gasteiger partial charge is 0.251 e. The molecule has 6 nitrogen and oxygen atoms in total. The monoisotopic (exact) mass is 435 g/mol. The van der Waals surface area contributed by atoms with Gasteiger partial charge in [-0.2, -0.15) is 0 Å². The van der Waals surface area contributed by atoms with E-state index in [1.807, 2.05) is 60.7 Å². The fraction of sp³-hybridized carbons (Fsp3) is 0.269. The molecule has 0 fully saturated rings. The number of hydrogen-bond acceptors (Lipinski definition) is 5. The van der Waals surface area contributed by atoms with Crippen LogP contribution in [-0.4, -0.2) is 33.3 Å². The average molecular weight is 436 g/mol. The van der Waals surface area contributed by atoms with Crippen molar-refractivity contribution in [2.24, 2.45) is 0 Å². The molecule has 0 aliphatic rings.